The quantitative estimate of drug-likeness (QED) is 0.119. The summed E-state index contributed by atoms with van der Waals surface area (Å²) >= 11 is 0. The Hall–Kier alpha value is -3.43. The van der Waals surface area contributed by atoms with Gasteiger partial charge in [0.05, 0.1) is 30.8 Å². The fourth-order valence-corrected chi connectivity index (χ4v) is 13.5. The first kappa shape index (κ1) is 60.2. The molecule has 0 N–H and O–H groups in total. The topological polar surface area (TPSA) is 36.9 Å². The molecule has 3 heterocycles. The standard InChI is InChI=1S/C21H27F5O2.2C20H27F3O/c1-2-3-13-4-9-19(27-12-13)14-5-7-15(8-6-14)21(25,26)28-16-10-17(22)20(24)18(23)11-16;1-2-3-13-4-9-19(24-12-13)15-7-5-14(6-8-15)16-10-17(21)20(23)18(22)11-16;1-2-3-13-4-6-14(7-5-13)15-8-9-19(24-12-15)16-10-17(21)20(23)18(22)11-16/h10-11,13-15,19H,2-9,12H2,1H3;2*10-11,13-15,19H,2-9,12H2,1H3. The summed E-state index contributed by atoms with van der Waals surface area (Å²) in [5, 5.41) is 0. The Kier molecular flexibility index (Phi) is 22.7. The number of hydrogen-bond acceptors (Lipinski definition) is 4. The Labute approximate surface area is 443 Å². The van der Waals surface area contributed by atoms with Gasteiger partial charge < -0.3 is 18.9 Å². The summed E-state index contributed by atoms with van der Waals surface area (Å²) in [6.07, 6.45) is 21.0. The molecule has 426 valence electrons. The maximum Gasteiger partial charge on any atom is 0.400 e. The molecule has 9 rings (SSSR count). The number of ether oxygens (including phenoxy) is 4. The van der Waals surface area contributed by atoms with E-state index in [0.717, 1.165) is 120 Å². The van der Waals surface area contributed by atoms with Crippen molar-refractivity contribution in [1.29, 1.82) is 0 Å². The third-order valence-corrected chi connectivity index (χ3v) is 17.9. The van der Waals surface area contributed by atoms with Crippen molar-refractivity contribution in [3.8, 4) is 5.75 Å². The van der Waals surface area contributed by atoms with Gasteiger partial charge in [0.2, 0.25) is 0 Å². The molecule has 3 aromatic rings. The summed E-state index contributed by atoms with van der Waals surface area (Å²) in [7, 11) is 0. The van der Waals surface area contributed by atoms with Gasteiger partial charge in [-0.2, -0.15) is 8.78 Å². The Morgan fingerprint density at radius 1 is 0.408 bits per heavy atom. The van der Waals surface area contributed by atoms with Gasteiger partial charge in [0.15, 0.2) is 52.4 Å². The van der Waals surface area contributed by atoms with Crippen molar-refractivity contribution in [1.82, 2.24) is 0 Å². The smallest absolute Gasteiger partial charge is 0.400 e. The van der Waals surface area contributed by atoms with Crippen molar-refractivity contribution in [2.24, 2.45) is 47.3 Å². The minimum absolute atomic E-state index is 0.127. The zero-order chi connectivity index (χ0) is 54.5. The highest BCUT2D eigenvalue weighted by Gasteiger charge is 2.46. The van der Waals surface area contributed by atoms with Crippen molar-refractivity contribution in [2.45, 2.75) is 205 Å². The normalized spacial score (nSPS) is 30.3. The molecule has 3 aliphatic heterocycles. The molecule has 3 saturated heterocycles. The Balaban J connectivity index is 0.000000167. The van der Waals surface area contributed by atoms with E-state index < -0.39 is 70.1 Å². The first-order chi connectivity index (χ1) is 36.5. The van der Waals surface area contributed by atoms with E-state index in [-0.39, 0.29) is 36.9 Å². The van der Waals surface area contributed by atoms with Crippen molar-refractivity contribution < 1.29 is 67.2 Å². The van der Waals surface area contributed by atoms with Crippen molar-refractivity contribution in [3.05, 3.63) is 99.9 Å². The van der Waals surface area contributed by atoms with E-state index >= 15 is 0 Å². The molecule has 15 heteroatoms. The number of rotatable bonds is 14. The SMILES string of the molecule is CCCC1CCC(C2CCC(C(F)(F)Oc3cc(F)c(F)c(F)c3)CC2)OC1.CCCC1CCC(C2CCC(c3cc(F)c(F)c(F)c3)CC2)OC1.CCCC1CCC(C2CCC(c3cc(F)c(F)c(F)c3)OC2)CC1. The number of benzene rings is 3. The van der Waals surface area contributed by atoms with Crippen LogP contribution in [0, 0.1) is 99.7 Å². The van der Waals surface area contributed by atoms with Gasteiger partial charge in [0, 0.05) is 25.3 Å². The molecule has 0 radical (unpaired) electrons. The molecular weight excluding hydrogens is 1010 g/mol. The van der Waals surface area contributed by atoms with Crippen LogP contribution in [0.5, 0.6) is 5.75 Å². The fourth-order valence-electron chi connectivity index (χ4n) is 13.5. The number of halogens is 11. The van der Waals surface area contributed by atoms with Crippen LogP contribution in [0.15, 0.2) is 36.4 Å². The first-order valence-corrected chi connectivity index (χ1v) is 28.8. The van der Waals surface area contributed by atoms with E-state index in [1.54, 1.807) is 0 Å². The Morgan fingerprint density at radius 2 is 0.803 bits per heavy atom. The molecule has 3 aromatic carbocycles. The molecule has 4 nitrogen and oxygen atoms in total. The zero-order valence-electron chi connectivity index (χ0n) is 44.8. The van der Waals surface area contributed by atoms with Gasteiger partial charge in [-0.15, -0.1) is 0 Å². The van der Waals surface area contributed by atoms with E-state index in [2.05, 4.69) is 25.5 Å². The summed E-state index contributed by atoms with van der Waals surface area (Å²) in [5.74, 6) is -9.33. The van der Waals surface area contributed by atoms with E-state index in [1.807, 2.05) is 0 Å². The van der Waals surface area contributed by atoms with Gasteiger partial charge >= 0.3 is 6.11 Å². The van der Waals surface area contributed by atoms with Crippen LogP contribution in [0.3, 0.4) is 0 Å². The van der Waals surface area contributed by atoms with Gasteiger partial charge in [-0.05, 0) is 198 Å². The third-order valence-electron chi connectivity index (χ3n) is 17.9. The van der Waals surface area contributed by atoms with E-state index in [4.69, 9.17) is 14.2 Å². The largest absolute Gasteiger partial charge is 0.432 e. The Bertz CT molecular complexity index is 2060. The van der Waals surface area contributed by atoms with Gasteiger partial charge in [-0.3, -0.25) is 0 Å². The lowest BCUT2D eigenvalue weighted by molar-refractivity contribution is -0.225. The average Bonchev–Trinajstić information content (AvgIpc) is 3.42. The van der Waals surface area contributed by atoms with Crippen LogP contribution in [0.4, 0.5) is 48.3 Å². The summed E-state index contributed by atoms with van der Waals surface area (Å²) in [6.45, 7) is 8.90. The van der Waals surface area contributed by atoms with Gasteiger partial charge in [0.25, 0.3) is 0 Å². The van der Waals surface area contributed by atoms with Gasteiger partial charge in [-0.25, -0.2) is 39.5 Å². The van der Waals surface area contributed by atoms with Crippen molar-refractivity contribution in [2.75, 3.05) is 19.8 Å². The molecule has 0 amide bonds. The molecular formula is C61H81F11O4. The highest BCUT2D eigenvalue weighted by Crippen LogP contribution is 2.45. The van der Waals surface area contributed by atoms with Crippen LogP contribution < -0.4 is 4.74 Å². The van der Waals surface area contributed by atoms with Crippen LogP contribution >= 0.6 is 0 Å². The maximum atomic E-state index is 14.5. The summed E-state index contributed by atoms with van der Waals surface area (Å²) < 4.78 is 171. The second kappa shape index (κ2) is 28.6. The first-order valence-electron chi connectivity index (χ1n) is 28.8. The molecule has 6 aliphatic rings. The van der Waals surface area contributed by atoms with Crippen LogP contribution in [0.25, 0.3) is 0 Å². The molecule has 0 aromatic heterocycles. The predicted octanol–water partition coefficient (Wildman–Crippen LogP) is 18.6. The van der Waals surface area contributed by atoms with E-state index in [0.29, 0.717) is 72.5 Å². The van der Waals surface area contributed by atoms with E-state index in [1.165, 1.54) is 57.8 Å². The molecule has 3 aliphatic carbocycles. The minimum atomic E-state index is -3.57. The highest BCUT2D eigenvalue weighted by molar-refractivity contribution is 5.26. The predicted molar refractivity (Wildman–Crippen MR) is 271 cm³/mol. The minimum Gasteiger partial charge on any atom is -0.432 e. The van der Waals surface area contributed by atoms with Gasteiger partial charge in [-0.1, -0.05) is 59.3 Å². The van der Waals surface area contributed by atoms with Crippen LogP contribution in [0.2, 0.25) is 0 Å². The third kappa shape index (κ3) is 16.3. The van der Waals surface area contributed by atoms with Crippen LogP contribution in [0.1, 0.15) is 198 Å². The zero-order valence-corrected chi connectivity index (χ0v) is 44.8. The van der Waals surface area contributed by atoms with Crippen LogP contribution in [-0.2, 0) is 14.2 Å². The lowest BCUT2D eigenvalue weighted by atomic mass is 9.73. The average molecular weight is 1090 g/mol. The highest BCUT2D eigenvalue weighted by atomic mass is 19.3. The Morgan fingerprint density at radius 3 is 1.22 bits per heavy atom. The molecule has 0 spiro atoms. The molecule has 6 fully saturated rings. The number of hydrogen-bond donors (Lipinski definition) is 0. The molecule has 76 heavy (non-hydrogen) atoms. The summed E-state index contributed by atoms with van der Waals surface area (Å²) in [6, 6.07) is 5.35. The molecule has 3 saturated carbocycles. The van der Waals surface area contributed by atoms with Crippen molar-refractivity contribution in [3.63, 3.8) is 0 Å². The van der Waals surface area contributed by atoms with E-state index in [9.17, 15) is 48.3 Å². The lowest BCUT2D eigenvalue weighted by Gasteiger charge is -2.39. The van der Waals surface area contributed by atoms with Crippen LogP contribution in [-0.4, -0.2) is 38.1 Å². The van der Waals surface area contributed by atoms with Gasteiger partial charge in [0.1, 0.15) is 5.75 Å². The maximum absolute atomic E-state index is 14.5. The fraction of sp³-hybridized carbons (Fsp3) is 0.705. The van der Waals surface area contributed by atoms with Crippen molar-refractivity contribution >= 4 is 0 Å². The second-order valence-corrected chi connectivity index (χ2v) is 23.1. The summed E-state index contributed by atoms with van der Waals surface area (Å²) in [5.41, 5.74) is 1.01. The molecule has 6 atom stereocenters. The lowest BCUT2D eigenvalue weighted by Crippen LogP contribution is -2.40. The number of alkyl halides is 2. The molecule has 6 unspecified atom stereocenters. The monoisotopic (exact) mass is 1090 g/mol. The second-order valence-electron chi connectivity index (χ2n) is 23.1. The molecule has 0 bridgehead atoms. The summed E-state index contributed by atoms with van der Waals surface area (Å²) in [4.78, 5) is 0.